The first kappa shape index (κ1) is 20.2. The van der Waals surface area contributed by atoms with Gasteiger partial charge in [-0.2, -0.15) is 0 Å². The predicted molar refractivity (Wildman–Crippen MR) is 114 cm³/mol. The van der Waals surface area contributed by atoms with Gasteiger partial charge in [0.15, 0.2) is 5.96 Å². The van der Waals surface area contributed by atoms with Crippen molar-refractivity contribution in [3.63, 3.8) is 0 Å². The Kier molecular flexibility index (Phi) is 7.38. The Labute approximate surface area is 170 Å². The maximum atomic E-state index is 13.3. The van der Waals surface area contributed by atoms with E-state index >= 15 is 0 Å². The second-order valence-electron chi connectivity index (χ2n) is 5.89. The first-order valence-electron chi connectivity index (χ1n) is 8.23. The highest BCUT2D eigenvalue weighted by Crippen LogP contribution is 2.11. The molecule has 138 valence electrons. The molecule has 0 aliphatic carbocycles. The van der Waals surface area contributed by atoms with E-state index in [2.05, 4.69) is 25.9 Å². The molecule has 1 heterocycles. The van der Waals surface area contributed by atoms with Crippen LogP contribution in [0.3, 0.4) is 0 Å². The molecular formula is C19H23FIN5. The maximum Gasteiger partial charge on any atom is 0.193 e. The van der Waals surface area contributed by atoms with Crippen LogP contribution in [0.2, 0.25) is 0 Å². The summed E-state index contributed by atoms with van der Waals surface area (Å²) >= 11 is 0. The minimum Gasteiger partial charge on any atom is -0.354 e. The van der Waals surface area contributed by atoms with Gasteiger partial charge in [0.2, 0.25) is 0 Å². The van der Waals surface area contributed by atoms with Crippen molar-refractivity contribution in [3.05, 3.63) is 66.2 Å². The number of aromatic nitrogens is 2. The lowest BCUT2D eigenvalue weighted by atomic mass is 10.2. The van der Waals surface area contributed by atoms with Crippen molar-refractivity contribution in [2.45, 2.75) is 13.1 Å². The molecule has 0 aliphatic heterocycles. The van der Waals surface area contributed by atoms with Gasteiger partial charge >= 0.3 is 0 Å². The topological polar surface area (TPSA) is 45.5 Å². The van der Waals surface area contributed by atoms with Gasteiger partial charge in [0.1, 0.15) is 5.82 Å². The number of para-hydroxylation sites is 2. The number of aliphatic imine (C=N–C) groups is 1. The summed E-state index contributed by atoms with van der Waals surface area (Å²) in [6, 6.07) is 14.7. The number of guanidine groups is 1. The Morgan fingerprint density at radius 1 is 1.23 bits per heavy atom. The van der Waals surface area contributed by atoms with E-state index in [1.165, 1.54) is 6.07 Å². The van der Waals surface area contributed by atoms with Gasteiger partial charge in [0.05, 0.1) is 17.4 Å². The highest BCUT2D eigenvalue weighted by Gasteiger charge is 2.07. The summed E-state index contributed by atoms with van der Waals surface area (Å²) < 4.78 is 15.4. The second-order valence-corrected chi connectivity index (χ2v) is 5.89. The molecule has 1 aromatic heterocycles. The van der Waals surface area contributed by atoms with Gasteiger partial charge in [0.25, 0.3) is 0 Å². The van der Waals surface area contributed by atoms with E-state index in [0.717, 1.165) is 35.6 Å². The SMILES string of the molecule is CN=C(NCCn1cnc2ccccc21)N(C)Cc1cccc(F)c1.I. The molecule has 0 atom stereocenters. The quantitative estimate of drug-likeness (QED) is 0.355. The smallest absolute Gasteiger partial charge is 0.193 e. The molecule has 0 amide bonds. The predicted octanol–water partition coefficient (Wildman–Crippen LogP) is 3.50. The molecule has 0 unspecified atom stereocenters. The molecule has 7 heteroatoms. The van der Waals surface area contributed by atoms with Crippen molar-refractivity contribution in [1.82, 2.24) is 19.8 Å². The second kappa shape index (κ2) is 9.51. The monoisotopic (exact) mass is 467 g/mol. The fourth-order valence-electron chi connectivity index (χ4n) is 2.85. The fourth-order valence-corrected chi connectivity index (χ4v) is 2.85. The van der Waals surface area contributed by atoms with Crippen LogP contribution < -0.4 is 5.32 Å². The molecular weight excluding hydrogens is 444 g/mol. The molecule has 0 saturated heterocycles. The Hall–Kier alpha value is -2.16. The number of nitrogens with one attached hydrogen (secondary N) is 1. The lowest BCUT2D eigenvalue weighted by molar-refractivity contribution is 0.472. The maximum absolute atomic E-state index is 13.3. The number of fused-ring (bicyclic) bond motifs is 1. The average Bonchev–Trinajstić information content (AvgIpc) is 3.02. The van der Waals surface area contributed by atoms with E-state index < -0.39 is 0 Å². The number of halogens is 2. The normalized spacial score (nSPS) is 11.3. The van der Waals surface area contributed by atoms with E-state index in [9.17, 15) is 4.39 Å². The Morgan fingerprint density at radius 2 is 2.04 bits per heavy atom. The third-order valence-corrected chi connectivity index (χ3v) is 4.05. The molecule has 0 radical (unpaired) electrons. The van der Waals surface area contributed by atoms with E-state index in [1.807, 2.05) is 42.5 Å². The highest BCUT2D eigenvalue weighted by molar-refractivity contribution is 14.0. The summed E-state index contributed by atoms with van der Waals surface area (Å²) in [6.07, 6.45) is 1.85. The molecule has 3 rings (SSSR count). The molecule has 0 bridgehead atoms. The first-order chi connectivity index (χ1) is 12.2. The van der Waals surface area contributed by atoms with Crippen LogP contribution in [0.4, 0.5) is 4.39 Å². The summed E-state index contributed by atoms with van der Waals surface area (Å²) in [5.74, 6) is 0.550. The number of hydrogen-bond acceptors (Lipinski definition) is 2. The lowest BCUT2D eigenvalue weighted by Crippen LogP contribution is -2.39. The standard InChI is InChI=1S/C19H22FN5.HI/c1-21-19(24(2)13-15-6-5-7-16(20)12-15)22-10-11-25-14-23-17-8-3-4-9-18(17)25;/h3-9,12,14H,10-11,13H2,1-2H3,(H,21,22);1H. The van der Waals surface area contributed by atoms with Gasteiger partial charge in [-0.1, -0.05) is 24.3 Å². The third-order valence-electron chi connectivity index (χ3n) is 4.05. The van der Waals surface area contributed by atoms with Gasteiger partial charge < -0.3 is 14.8 Å². The van der Waals surface area contributed by atoms with Gasteiger partial charge in [-0.3, -0.25) is 4.99 Å². The van der Waals surface area contributed by atoms with Gasteiger partial charge in [0, 0.05) is 33.7 Å². The molecule has 5 nitrogen and oxygen atoms in total. The zero-order valence-corrected chi connectivity index (χ0v) is 17.2. The number of imidazole rings is 1. The van der Waals surface area contributed by atoms with Crippen LogP contribution in [0.1, 0.15) is 5.56 Å². The number of benzene rings is 2. The highest BCUT2D eigenvalue weighted by atomic mass is 127. The van der Waals surface area contributed by atoms with Crippen molar-refractivity contribution in [3.8, 4) is 0 Å². The lowest BCUT2D eigenvalue weighted by Gasteiger charge is -2.22. The van der Waals surface area contributed by atoms with Crippen molar-refractivity contribution in [2.24, 2.45) is 4.99 Å². The van der Waals surface area contributed by atoms with E-state index in [-0.39, 0.29) is 29.8 Å². The van der Waals surface area contributed by atoms with Gasteiger partial charge in [-0.25, -0.2) is 9.37 Å². The summed E-state index contributed by atoms with van der Waals surface area (Å²) in [6.45, 7) is 2.10. The first-order valence-corrected chi connectivity index (χ1v) is 8.23. The van der Waals surface area contributed by atoms with Crippen LogP contribution >= 0.6 is 24.0 Å². The van der Waals surface area contributed by atoms with Crippen LogP contribution in [0.25, 0.3) is 11.0 Å². The van der Waals surface area contributed by atoms with E-state index in [0.29, 0.717) is 6.54 Å². The van der Waals surface area contributed by atoms with Crippen molar-refractivity contribution in [1.29, 1.82) is 0 Å². The molecule has 3 aromatic rings. The Balaban J connectivity index is 0.00000243. The Bertz CT molecular complexity index is 877. The van der Waals surface area contributed by atoms with Crippen LogP contribution in [-0.2, 0) is 13.1 Å². The largest absolute Gasteiger partial charge is 0.354 e. The van der Waals surface area contributed by atoms with Gasteiger partial charge in [-0.15, -0.1) is 24.0 Å². The molecule has 1 N–H and O–H groups in total. The molecule has 0 fully saturated rings. The number of rotatable bonds is 5. The number of hydrogen-bond donors (Lipinski definition) is 1. The summed E-state index contributed by atoms with van der Waals surface area (Å²) in [5, 5.41) is 3.34. The van der Waals surface area contributed by atoms with Gasteiger partial charge in [-0.05, 0) is 29.8 Å². The fraction of sp³-hybridized carbons (Fsp3) is 0.263. The van der Waals surface area contributed by atoms with E-state index in [4.69, 9.17) is 0 Å². The molecule has 0 spiro atoms. The summed E-state index contributed by atoms with van der Waals surface area (Å²) in [5.41, 5.74) is 3.02. The third kappa shape index (κ3) is 4.94. The minimum absolute atomic E-state index is 0. The minimum atomic E-state index is -0.221. The van der Waals surface area contributed by atoms with Crippen molar-refractivity contribution in [2.75, 3.05) is 20.6 Å². The Morgan fingerprint density at radius 3 is 2.81 bits per heavy atom. The zero-order chi connectivity index (χ0) is 17.6. The summed E-state index contributed by atoms with van der Waals surface area (Å²) in [4.78, 5) is 10.7. The van der Waals surface area contributed by atoms with Crippen LogP contribution in [0.15, 0.2) is 59.9 Å². The van der Waals surface area contributed by atoms with Crippen LogP contribution in [-0.4, -0.2) is 41.1 Å². The van der Waals surface area contributed by atoms with Crippen molar-refractivity contribution < 1.29 is 4.39 Å². The average molecular weight is 467 g/mol. The molecule has 26 heavy (non-hydrogen) atoms. The molecule has 0 aliphatic rings. The molecule has 0 saturated carbocycles. The van der Waals surface area contributed by atoms with Crippen LogP contribution in [0, 0.1) is 5.82 Å². The van der Waals surface area contributed by atoms with Crippen LogP contribution in [0.5, 0.6) is 0 Å². The summed E-state index contributed by atoms with van der Waals surface area (Å²) in [7, 11) is 3.68. The zero-order valence-electron chi connectivity index (χ0n) is 14.9. The van der Waals surface area contributed by atoms with Crippen molar-refractivity contribution >= 4 is 41.0 Å². The molecule has 2 aromatic carbocycles. The number of nitrogens with zero attached hydrogens (tertiary/aromatic N) is 4. The van der Waals surface area contributed by atoms with E-state index in [1.54, 1.807) is 19.2 Å².